The van der Waals surface area contributed by atoms with Crippen molar-refractivity contribution in [3.8, 4) is 0 Å². The van der Waals surface area contributed by atoms with Crippen LogP contribution < -0.4 is 0 Å². The topological polar surface area (TPSA) is 77.9 Å². The van der Waals surface area contributed by atoms with Gasteiger partial charge in [0.25, 0.3) is 5.91 Å². The molecule has 1 aromatic rings. The molecule has 2 rings (SSSR count). The smallest absolute Gasteiger partial charge is 0.303 e. The van der Waals surface area contributed by atoms with Gasteiger partial charge in [-0.15, -0.1) is 0 Å². The van der Waals surface area contributed by atoms with Crippen molar-refractivity contribution in [2.75, 3.05) is 26.2 Å². The lowest BCUT2D eigenvalue weighted by atomic mass is 10.1. The fraction of sp³-hybridized carbons (Fsp3) is 0.400. The lowest BCUT2D eigenvalue weighted by Crippen LogP contribution is -2.50. The molecule has 0 unspecified atom stereocenters. The second kappa shape index (κ2) is 7.02. The van der Waals surface area contributed by atoms with Gasteiger partial charge in [-0.3, -0.25) is 14.4 Å². The van der Waals surface area contributed by atoms with Gasteiger partial charge in [0.2, 0.25) is 5.91 Å². The molecule has 1 aliphatic rings. The summed E-state index contributed by atoms with van der Waals surface area (Å²) in [6.45, 7) is 1.53. The first-order valence-corrected chi connectivity index (χ1v) is 7.02. The zero-order valence-electron chi connectivity index (χ0n) is 12.0. The molecule has 0 radical (unpaired) electrons. The van der Waals surface area contributed by atoms with E-state index in [9.17, 15) is 18.8 Å². The molecule has 1 aliphatic heterocycles. The molecule has 2 amide bonds. The van der Waals surface area contributed by atoms with Crippen molar-refractivity contribution in [3.05, 3.63) is 35.6 Å². The van der Waals surface area contributed by atoms with Crippen LogP contribution in [0.25, 0.3) is 0 Å². The number of rotatable bonds is 4. The fourth-order valence-electron chi connectivity index (χ4n) is 2.31. The number of halogens is 1. The van der Waals surface area contributed by atoms with E-state index in [-0.39, 0.29) is 24.7 Å². The highest BCUT2D eigenvalue weighted by Gasteiger charge is 2.24. The monoisotopic (exact) mass is 308 g/mol. The van der Waals surface area contributed by atoms with Crippen molar-refractivity contribution in [2.24, 2.45) is 0 Å². The van der Waals surface area contributed by atoms with Crippen LogP contribution in [0, 0.1) is 5.82 Å². The molecule has 7 heteroatoms. The van der Waals surface area contributed by atoms with Crippen LogP contribution in [-0.2, 0) is 9.59 Å². The molecule has 0 bridgehead atoms. The van der Waals surface area contributed by atoms with Gasteiger partial charge in [0.05, 0.1) is 6.42 Å². The summed E-state index contributed by atoms with van der Waals surface area (Å²) in [5, 5.41) is 8.57. The van der Waals surface area contributed by atoms with Crippen LogP contribution in [-0.4, -0.2) is 58.9 Å². The normalized spacial score (nSPS) is 14.8. The predicted molar refractivity (Wildman–Crippen MR) is 75.8 cm³/mol. The molecular formula is C15H17FN2O4. The summed E-state index contributed by atoms with van der Waals surface area (Å²) in [6, 6.07) is 5.34. The van der Waals surface area contributed by atoms with Crippen molar-refractivity contribution >= 4 is 17.8 Å². The average molecular weight is 308 g/mol. The van der Waals surface area contributed by atoms with Crippen LogP contribution in [0.2, 0.25) is 0 Å². The lowest BCUT2D eigenvalue weighted by Gasteiger charge is -2.34. The van der Waals surface area contributed by atoms with Crippen LogP contribution in [0.3, 0.4) is 0 Å². The minimum atomic E-state index is -1.00. The maximum atomic E-state index is 12.9. The van der Waals surface area contributed by atoms with Gasteiger partial charge >= 0.3 is 5.97 Å². The molecule has 0 aliphatic carbocycles. The average Bonchev–Trinajstić information content (AvgIpc) is 2.53. The first-order chi connectivity index (χ1) is 10.5. The molecule has 0 spiro atoms. The highest BCUT2D eigenvalue weighted by molar-refractivity contribution is 5.94. The van der Waals surface area contributed by atoms with Crippen LogP contribution in [0.5, 0.6) is 0 Å². The van der Waals surface area contributed by atoms with Gasteiger partial charge in [-0.1, -0.05) is 0 Å². The number of carboxylic acid groups (broad SMARTS) is 1. The minimum Gasteiger partial charge on any atom is -0.481 e. The SMILES string of the molecule is O=C(O)CCC(=O)N1CCN(C(=O)c2ccc(F)cc2)CC1. The third-order valence-corrected chi connectivity index (χ3v) is 3.56. The number of benzene rings is 1. The molecule has 6 nitrogen and oxygen atoms in total. The second-order valence-electron chi connectivity index (χ2n) is 5.07. The molecule has 1 N–H and O–H groups in total. The van der Waals surface area contributed by atoms with Crippen molar-refractivity contribution in [1.82, 2.24) is 9.80 Å². The third kappa shape index (κ3) is 4.03. The van der Waals surface area contributed by atoms with Crippen molar-refractivity contribution in [3.63, 3.8) is 0 Å². The van der Waals surface area contributed by atoms with E-state index < -0.39 is 11.8 Å². The summed E-state index contributed by atoms with van der Waals surface area (Å²) in [5.41, 5.74) is 0.409. The van der Waals surface area contributed by atoms with E-state index in [2.05, 4.69) is 0 Å². The third-order valence-electron chi connectivity index (χ3n) is 3.56. The van der Waals surface area contributed by atoms with Crippen LogP contribution in [0.1, 0.15) is 23.2 Å². The van der Waals surface area contributed by atoms with E-state index in [1.165, 1.54) is 24.3 Å². The Hall–Kier alpha value is -2.44. The summed E-state index contributed by atoms with van der Waals surface area (Å²) in [6.07, 6.45) is -0.213. The minimum absolute atomic E-state index is 0.0265. The van der Waals surface area contributed by atoms with E-state index in [4.69, 9.17) is 5.11 Å². The number of nitrogens with zero attached hydrogens (tertiary/aromatic N) is 2. The van der Waals surface area contributed by atoms with Crippen molar-refractivity contribution < 1.29 is 23.9 Å². The molecule has 1 heterocycles. The summed E-state index contributed by atoms with van der Waals surface area (Å²) < 4.78 is 12.9. The summed E-state index contributed by atoms with van der Waals surface area (Å²) >= 11 is 0. The van der Waals surface area contributed by atoms with Gasteiger partial charge in [-0.25, -0.2) is 4.39 Å². The summed E-state index contributed by atoms with van der Waals surface area (Å²) in [4.78, 5) is 37.7. The lowest BCUT2D eigenvalue weighted by molar-refractivity contribution is -0.141. The largest absolute Gasteiger partial charge is 0.481 e. The number of hydrogen-bond donors (Lipinski definition) is 1. The molecule has 1 saturated heterocycles. The van der Waals surface area contributed by atoms with E-state index in [0.29, 0.717) is 31.7 Å². The van der Waals surface area contributed by atoms with E-state index in [1.54, 1.807) is 9.80 Å². The Bertz CT molecular complexity index is 565. The van der Waals surface area contributed by atoms with Crippen LogP contribution in [0.4, 0.5) is 4.39 Å². The van der Waals surface area contributed by atoms with E-state index in [1.807, 2.05) is 0 Å². The molecule has 118 valence electrons. The van der Waals surface area contributed by atoms with E-state index >= 15 is 0 Å². The molecular weight excluding hydrogens is 291 g/mol. The maximum Gasteiger partial charge on any atom is 0.303 e. The molecule has 0 saturated carbocycles. The first-order valence-electron chi connectivity index (χ1n) is 7.02. The predicted octanol–water partition coefficient (Wildman–Crippen LogP) is 0.975. The molecule has 0 aromatic heterocycles. The number of piperazine rings is 1. The Morgan fingerprint density at radius 2 is 1.50 bits per heavy atom. The highest BCUT2D eigenvalue weighted by Crippen LogP contribution is 2.11. The molecule has 1 aromatic carbocycles. The van der Waals surface area contributed by atoms with Gasteiger partial charge in [0.15, 0.2) is 0 Å². The number of amides is 2. The number of carbonyl (C=O) groups is 3. The van der Waals surface area contributed by atoms with Gasteiger partial charge in [0.1, 0.15) is 5.82 Å². The Kier molecular flexibility index (Phi) is 5.08. The van der Waals surface area contributed by atoms with Gasteiger partial charge in [0, 0.05) is 38.2 Å². The van der Waals surface area contributed by atoms with Crippen LogP contribution in [0.15, 0.2) is 24.3 Å². The number of hydrogen-bond acceptors (Lipinski definition) is 3. The molecule has 1 fully saturated rings. The zero-order chi connectivity index (χ0) is 16.1. The van der Waals surface area contributed by atoms with Gasteiger partial charge in [-0.2, -0.15) is 0 Å². The Balaban J connectivity index is 1.86. The standard InChI is InChI=1S/C15H17FN2O4/c16-12-3-1-11(2-4-12)15(22)18-9-7-17(8-10-18)13(19)5-6-14(20)21/h1-4H,5-10H2,(H,20,21). The molecule has 22 heavy (non-hydrogen) atoms. The Morgan fingerprint density at radius 1 is 0.955 bits per heavy atom. The van der Waals surface area contributed by atoms with Crippen molar-refractivity contribution in [1.29, 1.82) is 0 Å². The highest BCUT2D eigenvalue weighted by atomic mass is 19.1. The zero-order valence-corrected chi connectivity index (χ0v) is 12.0. The maximum absolute atomic E-state index is 12.9. The number of carboxylic acids is 1. The van der Waals surface area contributed by atoms with Gasteiger partial charge < -0.3 is 14.9 Å². The number of aliphatic carboxylic acids is 1. The van der Waals surface area contributed by atoms with E-state index in [0.717, 1.165) is 0 Å². The molecule has 0 atom stereocenters. The quantitative estimate of drug-likeness (QED) is 0.899. The second-order valence-corrected chi connectivity index (χ2v) is 5.07. The van der Waals surface area contributed by atoms with Crippen molar-refractivity contribution in [2.45, 2.75) is 12.8 Å². The van der Waals surface area contributed by atoms with Crippen LogP contribution >= 0.6 is 0 Å². The first kappa shape index (κ1) is 15.9. The summed E-state index contributed by atoms with van der Waals surface area (Å²) in [5.74, 6) is -1.81. The number of carbonyl (C=O) groups excluding carboxylic acids is 2. The Morgan fingerprint density at radius 3 is 2.05 bits per heavy atom. The van der Waals surface area contributed by atoms with Gasteiger partial charge in [-0.05, 0) is 24.3 Å². The fourth-order valence-corrected chi connectivity index (χ4v) is 2.31. The Labute approximate surface area is 127 Å². The summed E-state index contributed by atoms with van der Waals surface area (Å²) in [7, 11) is 0.